The first kappa shape index (κ1) is 20.4. The van der Waals surface area contributed by atoms with Crippen LogP contribution in [0, 0.1) is 20.8 Å². The van der Waals surface area contributed by atoms with Crippen LogP contribution in [0.25, 0.3) is 16.6 Å². The molecule has 2 aromatic heterocycles. The monoisotopic (exact) mass is 465 g/mol. The molecule has 0 bridgehead atoms. The van der Waals surface area contributed by atoms with Gasteiger partial charge in [0.25, 0.3) is 5.56 Å². The number of hydrogen-bond donors (Lipinski definition) is 1. The molecule has 0 aliphatic rings. The fraction of sp³-hybridized carbons (Fsp3) is 0.250. The lowest BCUT2D eigenvalue weighted by Gasteiger charge is -2.14. The normalized spacial score (nSPS) is 11.3. The maximum atomic E-state index is 13.0. The summed E-state index contributed by atoms with van der Waals surface area (Å²) in [6.45, 7) is 6.54. The van der Waals surface area contributed by atoms with E-state index in [0.29, 0.717) is 24.9 Å². The van der Waals surface area contributed by atoms with Crippen molar-refractivity contribution in [1.82, 2.24) is 8.97 Å². The van der Waals surface area contributed by atoms with Crippen LogP contribution >= 0.6 is 15.9 Å². The molecule has 6 heteroatoms. The van der Waals surface area contributed by atoms with Crippen molar-refractivity contribution in [2.75, 3.05) is 5.32 Å². The predicted molar refractivity (Wildman–Crippen MR) is 125 cm³/mol. The van der Waals surface area contributed by atoms with Gasteiger partial charge in [0.2, 0.25) is 5.91 Å². The smallest absolute Gasteiger partial charge is 0.275 e. The van der Waals surface area contributed by atoms with E-state index in [1.165, 1.54) is 5.56 Å². The number of aromatic nitrogens is 2. The third-order valence-electron chi connectivity index (χ3n) is 5.43. The minimum atomic E-state index is -0.0452. The van der Waals surface area contributed by atoms with Crippen LogP contribution < -0.4 is 10.9 Å². The molecule has 0 unspecified atom stereocenters. The summed E-state index contributed by atoms with van der Waals surface area (Å²) in [5.41, 5.74) is 6.60. The summed E-state index contributed by atoms with van der Waals surface area (Å²) in [7, 11) is 0. The van der Waals surface area contributed by atoms with Crippen molar-refractivity contribution in [2.45, 2.75) is 40.2 Å². The van der Waals surface area contributed by atoms with Gasteiger partial charge in [-0.15, -0.1) is 0 Å². The van der Waals surface area contributed by atoms with Crippen molar-refractivity contribution >= 4 is 44.1 Å². The van der Waals surface area contributed by atoms with Crippen molar-refractivity contribution in [3.05, 3.63) is 80.2 Å². The SMILES string of the molecule is Cc1cc(C)c(NC(=O)CCCn2c(=O)c3cccn3c3ccc(Br)cc32)c(C)c1. The molecule has 30 heavy (non-hydrogen) atoms. The highest BCUT2D eigenvalue weighted by Crippen LogP contribution is 2.23. The molecule has 2 heterocycles. The molecule has 0 aliphatic heterocycles. The van der Waals surface area contributed by atoms with E-state index in [4.69, 9.17) is 0 Å². The maximum Gasteiger partial charge on any atom is 0.275 e. The number of aryl methyl sites for hydroxylation is 4. The van der Waals surface area contributed by atoms with Gasteiger partial charge in [-0.05, 0) is 68.7 Å². The number of rotatable bonds is 5. The highest BCUT2D eigenvalue weighted by molar-refractivity contribution is 9.10. The highest BCUT2D eigenvalue weighted by atomic mass is 79.9. The third-order valence-corrected chi connectivity index (χ3v) is 5.92. The molecule has 2 aromatic carbocycles. The Morgan fingerprint density at radius 1 is 1.00 bits per heavy atom. The molecule has 0 spiro atoms. The fourth-order valence-corrected chi connectivity index (χ4v) is 4.48. The maximum absolute atomic E-state index is 13.0. The first-order chi connectivity index (χ1) is 14.3. The van der Waals surface area contributed by atoms with Gasteiger partial charge >= 0.3 is 0 Å². The van der Waals surface area contributed by atoms with Crippen molar-refractivity contribution in [1.29, 1.82) is 0 Å². The largest absolute Gasteiger partial charge is 0.326 e. The molecule has 4 rings (SSSR count). The Labute approximate surface area is 183 Å². The Morgan fingerprint density at radius 3 is 2.47 bits per heavy atom. The number of carbonyl (C=O) groups is 1. The van der Waals surface area contributed by atoms with Crippen molar-refractivity contribution < 1.29 is 4.79 Å². The first-order valence-corrected chi connectivity index (χ1v) is 10.8. The Bertz CT molecular complexity index is 1310. The van der Waals surface area contributed by atoms with Gasteiger partial charge in [-0.25, -0.2) is 0 Å². The molecule has 0 radical (unpaired) electrons. The molecule has 0 fully saturated rings. The van der Waals surface area contributed by atoms with Crippen molar-refractivity contribution in [2.24, 2.45) is 0 Å². The molecule has 0 aliphatic carbocycles. The lowest BCUT2D eigenvalue weighted by molar-refractivity contribution is -0.116. The van der Waals surface area contributed by atoms with Gasteiger partial charge < -0.3 is 14.3 Å². The van der Waals surface area contributed by atoms with Crippen molar-refractivity contribution in [3.8, 4) is 0 Å². The molecule has 0 saturated heterocycles. The number of carbonyl (C=O) groups excluding carboxylic acids is 1. The summed E-state index contributed by atoms with van der Waals surface area (Å²) in [5.74, 6) is -0.0349. The quantitative estimate of drug-likeness (QED) is 0.431. The van der Waals surface area contributed by atoms with Gasteiger partial charge in [-0.3, -0.25) is 9.59 Å². The lowest BCUT2D eigenvalue weighted by atomic mass is 10.0. The van der Waals surface area contributed by atoms with Gasteiger partial charge in [-0.2, -0.15) is 0 Å². The second-order valence-electron chi connectivity index (χ2n) is 7.78. The molecular weight excluding hydrogens is 442 g/mol. The average molecular weight is 466 g/mol. The van der Waals surface area contributed by atoms with Crippen LogP contribution in [-0.2, 0) is 11.3 Å². The predicted octanol–water partition coefficient (Wildman–Crippen LogP) is 5.36. The molecule has 5 nitrogen and oxygen atoms in total. The number of anilines is 1. The summed E-state index contributed by atoms with van der Waals surface area (Å²) in [6, 6.07) is 13.8. The van der Waals surface area contributed by atoms with E-state index in [9.17, 15) is 9.59 Å². The van der Waals surface area contributed by atoms with E-state index in [0.717, 1.165) is 32.3 Å². The Hall–Kier alpha value is -2.86. The molecule has 1 N–H and O–H groups in total. The van der Waals surface area contributed by atoms with E-state index < -0.39 is 0 Å². The van der Waals surface area contributed by atoms with Crippen LogP contribution in [0.15, 0.2) is 57.9 Å². The van der Waals surface area contributed by atoms with Crippen LogP contribution in [0.4, 0.5) is 5.69 Å². The molecule has 0 atom stereocenters. The average Bonchev–Trinajstić information content (AvgIpc) is 3.17. The Balaban J connectivity index is 1.55. The minimum Gasteiger partial charge on any atom is -0.326 e. The standard InChI is InChI=1S/C24H24BrN3O2/c1-15-12-16(2)23(17(3)13-15)26-22(29)7-5-11-28-21-14-18(25)8-9-19(21)27-10-4-6-20(27)24(28)30/h4,6,8-10,12-14H,5,7,11H2,1-3H3,(H,26,29). The first-order valence-electron chi connectivity index (χ1n) is 10.0. The molecule has 0 saturated carbocycles. The molecule has 154 valence electrons. The van der Waals surface area contributed by atoms with Crippen LogP contribution in [-0.4, -0.2) is 14.9 Å². The summed E-state index contributed by atoms with van der Waals surface area (Å²) in [6.07, 6.45) is 2.83. The lowest BCUT2D eigenvalue weighted by Crippen LogP contribution is -2.23. The highest BCUT2D eigenvalue weighted by Gasteiger charge is 2.12. The second-order valence-corrected chi connectivity index (χ2v) is 8.69. The van der Waals surface area contributed by atoms with Crippen LogP contribution in [0.1, 0.15) is 29.5 Å². The second kappa shape index (κ2) is 8.11. The topological polar surface area (TPSA) is 55.5 Å². The number of nitrogens with one attached hydrogen (secondary N) is 1. The van der Waals surface area contributed by atoms with E-state index in [-0.39, 0.29) is 11.5 Å². The molecule has 1 amide bonds. The zero-order valence-electron chi connectivity index (χ0n) is 17.3. The summed E-state index contributed by atoms with van der Waals surface area (Å²) >= 11 is 3.50. The van der Waals surface area contributed by atoms with Crippen molar-refractivity contribution in [3.63, 3.8) is 0 Å². The summed E-state index contributed by atoms with van der Waals surface area (Å²) < 4.78 is 4.60. The summed E-state index contributed by atoms with van der Waals surface area (Å²) in [4.78, 5) is 25.6. The number of benzene rings is 2. The van der Waals surface area contributed by atoms with Crippen LogP contribution in [0.5, 0.6) is 0 Å². The van der Waals surface area contributed by atoms with Gasteiger partial charge in [-0.1, -0.05) is 33.6 Å². The summed E-state index contributed by atoms with van der Waals surface area (Å²) in [5, 5.41) is 3.04. The van der Waals surface area contributed by atoms with E-state index >= 15 is 0 Å². The fourth-order valence-electron chi connectivity index (χ4n) is 4.13. The van der Waals surface area contributed by atoms with Crippen LogP contribution in [0.3, 0.4) is 0 Å². The number of nitrogens with zero attached hydrogens (tertiary/aromatic N) is 2. The number of fused-ring (bicyclic) bond motifs is 3. The minimum absolute atomic E-state index is 0.0349. The van der Waals surface area contributed by atoms with E-state index in [2.05, 4.69) is 33.4 Å². The van der Waals surface area contributed by atoms with E-state index in [1.54, 1.807) is 4.57 Å². The van der Waals surface area contributed by atoms with Gasteiger partial charge in [0.05, 0.1) is 11.0 Å². The van der Waals surface area contributed by atoms with E-state index in [1.807, 2.05) is 61.7 Å². The third kappa shape index (κ3) is 3.79. The Kier molecular flexibility index (Phi) is 5.52. The molecule has 4 aromatic rings. The van der Waals surface area contributed by atoms with Gasteiger partial charge in [0, 0.05) is 29.3 Å². The number of hydrogen-bond acceptors (Lipinski definition) is 2. The Morgan fingerprint density at radius 2 is 1.73 bits per heavy atom. The zero-order chi connectivity index (χ0) is 21.4. The van der Waals surface area contributed by atoms with Crippen LogP contribution in [0.2, 0.25) is 0 Å². The number of halogens is 1. The van der Waals surface area contributed by atoms with Gasteiger partial charge in [0.1, 0.15) is 5.52 Å². The molecular formula is C24H24BrN3O2. The zero-order valence-corrected chi connectivity index (χ0v) is 18.9. The van der Waals surface area contributed by atoms with Gasteiger partial charge in [0.15, 0.2) is 0 Å². The number of amides is 1.